The highest BCUT2D eigenvalue weighted by molar-refractivity contribution is 5.92. The van der Waals surface area contributed by atoms with Crippen molar-refractivity contribution in [2.24, 2.45) is 7.05 Å². The molecule has 0 spiro atoms. The molecule has 0 bridgehead atoms. The van der Waals surface area contributed by atoms with Gasteiger partial charge in [-0.3, -0.25) is 14.5 Å². The maximum Gasteiger partial charge on any atom is 0.274 e. The zero-order chi connectivity index (χ0) is 14.1. The molecule has 0 radical (unpaired) electrons. The fourth-order valence-electron chi connectivity index (χ4n) is 2.25. The van der Waals surface area contributed by atoms with Crippen molar-refractivity contribution in [1.29, 1.82) is 0 Å². The first kappa shape index (κ1) is 12.8. The van der Waals surface area contributed by atoms with Crippen LogP contribution in [-0.2, 0) is 13.6 Å². The molecular formula is C15H18N4O. The summed E-state index contributed by atoms with van der Waals surface area (Å²) in [5, 5.41) is 4.30. The van der Waals surface area contributed by atoms with Crippen molar-refractivity contribution in [2.45, 2.75) is 32.4 Å². The van der Waals surface area contributed by atoms with Crippen LogP contribution in [0.2, 0.25) is 0 Å². The van der Waals surface area contributed by atoms with Crippen molar-refractivity contribution in [2.75, 3.05) is 0 Å². The minimum Gasteiger partial charge on any atom is -0.330 e. The third kappa shape index (κ3) is 2.57. The first-order chi connectivity index (χ1) is 9.65. The molecule has 0 aromatic carbocycles. The van der Waals surface area contributed by atoms with Crippen molar-refractivity contribution >= 4 is 5.91 Å². The summed E-state index contributed by atoms with van der Waals surface area (Å²) in [6.45, 7) is 2.58. The fourth-order valence-corrected chi connectivity index (χ4v) is 2.25. The molecule has 1 aliphatic rings. The van der Waals surface area contributed by atoms with Gasteiger partial charge in [-0.15, -0.1) is 0 Å². The highest BCUT2D eigenvalue weighted by atomic mass is 16.2. The summed E-state index contributed by atoms with van der Waals surface area (Å²) < 4.78 is 1.74. The number of hydrogen-bond donors (Lipinski definition) is 0. The molecule has 2 heterocycles. The number of carbonyl (C=O) groups excluding carboxylic acids is 1. The summed E-state index contributed by atoms with van der Waals surface area (Å²) in [4.78, 5) is 18.6. The highest BCUT2D eigenvalue weighted by Crippen LogP contribution is 2.29. The van der Waals surface area contributed by atoms with Crippen LogP contribution in [0.1, 0.15) is 34.6 Å². The lowest BCUT2D eigenvalue weighted by molar-refractivity contribution is 0.0723. The number of carbonyl (C=O) groups is 1. The average Bonchev–Trinajstić information content (AvgIpc) is 3.23. The number of aryl methyl sites for hydroxylation is 2. The van der Waals surface area contributed by atoms with Crippen LogP contribution in [0.15, 0.2) is 30.6 Å². The van der Waals surface area contributed by atoms with Crippen LogP contribution in [0.25, 0.3) is 0 Å². The largest absolute Gasteiger partial charge is 0.330 e. The first-order valence-electron chi connectivity index (χ1n) is 6.85. The van der Waals surface area contributed by atoms with E-state index in [0.29, 0.717) is 18.3 Å². The van der Waals surface area contributed by atoms with Gasteiger partial charge in [-0.05, 0) is 43.5 Å². The van der Waals surface area contributed by atoms with Crippen LogP contribution in [0, 0.1) is 6.92 Å². The van der Waals surface area contributed by atoms with Gasteiger partial charge in [-0.25, -0.2) is 0 Å². The van der Waals surface area contributed by atoms with Crippen LogP contribution in [0.5, 0.6) is 0 Å². The molecule has 0 saturated heterocycles. The smallest absolute Gasteiger partial charge is 0.274 e. The van der Waals surface area contributed by atoms with E-state index in [1.807, 2.05) is 37.1 Å². The number of hydrogen-bond acceptors (Lipinski definition) is 3. The van der Waals surface area contributed by atoms with Gasteiger partial charge in [0.15, 0.2) is 5.69 Å². The summed E-state index contributed by atoms with van der Waals surface area (Å²) in [5.41, 5.74) is 2.63. The number of amides is 1. The minimum absolute atomic E-state index is 0.0213. The first-order valence-corrected chi connectivity index (χ1v) is 6.85. The fraction of sp³-hybridized carbons (Fsp3) is 0.400. The average molecular weight is 270 g/mol. The van der Waals surface area contributed by atoms with Gasteiger partial charge in [0.2, 0.25) is 0 Å². The van der Waals surface area contributed by atoms with Crippen LogP contribution >= 0.6 is 0 Å². The maximum atomic E-state index is 12.6. The third-order valence-electron chi connectivity index (χ3n) is 3.68. The van der Waals surface area contributed by atoms with E-state index in [0.717, 1.165) is 24.1 Å². The Labute approximate surface area is 118 Å². The minimum atomic E-state index is 0.0213. The van der Waals surface area contributed by atoms with Crippen molar-refractivity contribution in [1.82, 2.24) is 19.7 Å². The molecule has 104 valence electrons. The predicted molar refractivity (Wildman–Crippen MR) is 75.1 cm³/mol. The van der Waals surface area contributed by atoms with E-state index >= 15 is 0 Å². The Bertz CT molecular complexity index is 597. The second-order valence-electron chi connectivity index (χ2n) is 5.31. The van der Waals surface area contributed by atoms with Gasteiger partial charge in [-0.1, -0.05) is 0 Å². The van der Waals surface area contributed by atoms with Crippen molar-refractivity contribution in [3.05, 3.63) is 47.5 Å². The van der Waals surface area contributed by atoms with Crippen LogP contribution < -0.4 is 0 Å². The molecule has 1 saturated carbocycles. The standard InChI is InChI=1S/C15H18N4O/c1-11-9-14(17-18(11)2)15(20)19(13-3-4-13)10-12-5-7-16-8-6-12/h5-9,13H,3-4,10H2,1-2H3. The lowest BCUT2D eigenvalue weighted by Crippen LogP contribution is -2.33. The molecule has 5 nitrogen and oxygen atoms in total. The number of aromatic nitrogens is 3. The predicted octanol–water partition coefficient (Wildman–Crippen LogP) is 1.93. The van der Waals surface area contributed by atoms with Gasteiger partial charge in [0, 0.05) is 37.7 Å². The summed E-state index contributed by atoms with van der Waals surface area (Å²) in [7, 11) is 1.86. The SMILES string of the molecule is Cc1cc(C(=O)N(Cc2ccncc2)C2CC2)nn1C. The molecule has 1 aliphatic carbocycles. The van der Waals surface area contributed by atoms with E-state index in [4.69, 9.17) is 0 Å². The summed E-state index contributed by atoms with van der Waals surface area (Å²) in [6, 6.07) is 6.11. The molecule has 0 atom stereocenters. The molecule has 0 N–H and O–H groups in total. The maximum absolute atomic E-state index is 12.6. The quantitative estimate of drug-likeness (QED) is 0.853. The third-order valence-corrected chi connectivity index (χ3v) is 3.68. The Kier molecular flexibility index (Phi) is 3.26. The summed E-state index contributed by atoms with van der Waals surface area (Å²) in [5.74, 6) is 0.0213. The Morgan fingerprint density at radius 3 is 2.65 bits per heavy atom. The number of pyridine rings is 1. The van der Waals surface area contributed by atoms with Crippen LogP contribution in [-0.4, -0.2) is 31.6 Å². The number of rotatable bonds is 4. The molecule has 2 aromatic heterocycles. The van der Waals surface area contributed by atoms with Gasteiger partial charge in [-0.2, -0.15) is 5.10 Å². The Morgan fingerprint density at radius 2 is 2.10 bits per heavy atom. The molecule has 5 heteroatoms. The van der Waals surface area contributed by atoms with Gasteiger partial charge >= 0.3 is 0 Å². The Balaban J connectivity index is 1.82. The molecule has 2 aromatic rings. The highest BCUT2D eigenvalue weighted by Gasteiger charge is 2.34. The molecule has 1 amide bonds. The molecule has 0 aliphatic heterocycles. The zero-order valence-corrected chi connectivity index (χ0v) is 11.8. The van der Waals surface area contributed by atoms with E-state index < -0.39 is 0 Å². The van der Waals surface area contributed by atoms with Gasteiger partial charge < -0.3 is 4.90 Å². The second kappa shape index (κ2) is 5.07. The number of nitrogens with zero attached hydrogens (tertiary/aromatic N) is 4. The van der Waals surface area contributed by atoms with Gasteiger partial charge in [0.25, 0.3) is 5.91 Å². The second-order valence-corrected chi connectivity index (χ2v) is 5.31. The van der Waals surface area contributed by atoms with Gasteiger partial charge in [0.05, 0.1) is 0 Å². The zero-order valence-electron chi connectivity index (χ0n) is 11.8. The van der Waals surface area contributed by atoms with E-state index in [2.05, 4.69) is 10.1 Å². The van der Waals surface area contributed by atoms with E-state index in [9.17, 15) is 4.79 Å². The lowest BCUT2D eigenvalue weighted by Gasteiger charge is -2.21. The van der Waals surface area contributed by atoms with Crippen molar-refractivity contribution in [3.8, 4) is 0 Å². The molecule has 20 heavy (non-hydrogen) atoms. The summed E-state index contributed by atoms with van der Waals surface area (Å²) >= 11 is 0. The summed E-state index contributed by atoms with van der Waals surface area (Å²) in [6.07, 6.45) is 5.69. The molecule has 1 fully saturated rings. The van der Waals surface area contributed by atoms with Crippen molar-refractivity contribution < 1.29 is 4.79 Å². The van der Waals surface area contributed by atoms with Crippen LogP contribution in [0.4, 0.5) is 0 Å². The van der Waals surface area contributed by atoms with E-state index in [1.54, 1.807) is 17.1 Å². The normalized spacial score (nSPS) is 14.3. The molecule has 3 rings (SSSR count). The van der Waals surface area contributed by atoms with E-state index in [-0.39, 0.29) is 5.91 Å². The Morgan fingerprint density at radius 1 is 1.40 bits per heavy atom. The molecular weight excluding hydrogens is 252 g/mol. The topological polar surface area (TPSA) is 51.0 Å². The monoisotopic (exact) mass is 270 g/mol. The van der Waals surface area contributed by atoms with Gasteiger partial charge in [0.1, 0.15) is 0 Å². The molecule has 0 unspecified atom stereocenters. The van der Waals surface area contributed by atoms with E-state index in [1.165, 1.54) is 0 Å². The lowest BCUT2D eigenvalue weighted by atomic mass is 10.2. The Hall–Kier alpha value is -2.17. The van der Waals surface area contributed by atoms with Crippen LogP contribution in [0.3, 0.4) is 0 Å². The van der Waals surface area contributed by atoms with Crippen molar-refractivity contribution in [3.63, 3.8) is 0 Å².